The van der Waals surface area contributed by atoms with E-state index >= 15 is 0 Å². The molecule has 12 heavy (non-hydrogen) atoms. The number of piperidine rings is 2. The summed E-state index contributed by atoms with van der Waals surface area (Å²) in [6, 6.07) is 0.844. The molecule has 2 saturated heterocycles. The fourth-order valence-corrected chi connectivity index (χ4v) is 3.08. The van der Waals surface area contributed by atoms with Crippen molar-refractivity contribution in [2.24, 2.45) is 5.73 Å². The van der Waals surface area contributed by atoms with E-state index in [0.717, 1.165) is 12.6 Å². The molecule has 2 fully saturated rings. The van der Waals surface area contributed by atoms with Crippen molar-refractivity contribution in [1.82, 2.24) is 4.90 Å². The second-order valence-electron chi connectivity index (χ2n) is 4.48. The van der Waals surface area contributed by atoms with Gasteiger partial charge in [0.25, 0.3) is 0 Å². The monoisotopic (exact) mass is 168 g/mol. The molecule has 2 bridgehead atoms. The van der Waals surface area contributed by atoms with Gasteiger partial charge < -0.3 is 5.73 Å². The largest absolute Gasteiger partial charge is 0.329 e. The maximum Gasteiger partial charge on any atom is 0.0331 e. The Kier molecular flexibility index (Phi) is 2.13. The third-order valence-electron chi connectivity index (χ3n) is 4.03. The van der Waals surface area contributed by atoms with Crippen LogP contribution in [0.3, 0.4) is 0 Å². The molecule has 0 aromatic carbocycles. The minimum atomic E-state index is 0.390. The van der Waals surface area contributed by atoms with Gasteiger partial charge in [0.2, 0.25) is 0 Å². The summed E-state index contributed by atoms with van der Waals surface area (Å²) in [7, 11) is 2.27. The van der Waals surface area contributed by atoms with Gasteiger partial charge in [-0.25, -0.2) is 0 Å². The minimum absolute atomic E-state index is 0.390. The van der Waals surface area contributed by atoms with Gasteiger partial charge in [-0.05, 0) is 32.7 Å². The molecule has 2 nitrogen and oxygen atoms in total. The highest BCUT2D eigenvalue weighted by Crippen LogP contribution is 2.39. The van der Waals surface area contributed by atoms with Crippen LogP contribution in [0.1, 0.15) is 38.5 Å². The first kappa shape index (κ1) is 8.52. The molecule has 2 N–H and O–H groups in total. The summed E-state index contributed by atoms with van der Waals surface area (Å²) in [5.41, 5.74) is 6.28. The van der Waals surface area contributed by atoms with E-state index in [0.29, 0.717) is 5.54 Å². The van der Waals surface area contributed by atoms with E-state index in [1.165, 1.54) is 38.5 Å². The maximum atomic E-state index is 5.89. The molecule has 0 atom stereocenters. The number of rotatable bonds is 1. The van der Waals surface area contributed by atoms with Gasteiger partial charge in [-0.15, -0.1) is 0 Å². The number of likely N-dealkylation sites (N-methyl/N-ethyl adjacent to an activating group) is 1. The Hall–Kier alpha value is -0.0800. The Labute approximate surface area is 75.1 Å². The molecule has 0 saturated carbocycles. The first-order valence-electron chi connectivity index (χ1n) is 5.21. The summed E-state index contributed by atoms with van der Waals surface area (Å²) in [6.45, 7) is 0.861. The van der Waals surface area contributed by atoms with E-state index < -0.39 is 0 Å². The summed E-state index contributed by atoms with van der Waals surface area (Å²) in [4.78, 5) is 2.57. The van der Waals surface area contributed by atoms with Gasteiger partial charge in [-0.2, -0.15) is 0 Å². The average molecular weight is 168 g/mol. The number of hydrogen-bond acceptors (Lipinski definition) is 2. The molecule has 2 aliphatic heterocycles. The fraction of sp³-hybridized carbons (Fsp3) is 1.00. The first-order chi connectivity index (χ1) is 5.78. The van der Waals surface area contributed by atoms with Crippen molar-refractivity contribution < 1.29 is 0 Å². The summed E-state index contributed by atoms with van der Waals surface area (Å²) < 4.78 is 0. The van der Waals surface area contributed by atoms with Crippen LogP contribution in [0.4, 0.5) is 0 Å². The Morgan fingerprint density at radius 1 is 1.33 bits per heavy atom. The van der Waals surface area contributed by atoms with E-state index in [2.05, 4.69) is 11.9 Å². The third-order valence-corrected chi connectivity index (χ3v) is 4.03. The van der Waals surface area contributed by atoms with E-state index in [1.54, 1.807) is 0 Å². The molecule has 70 valence electrons. The van der Waals surface area contributed by atoms with Gasteiger partial charge in [0.05, 0.1) is 0 Å². The molecule has 0 aromatic heterocycles. The third kappa shape index (κ3) is 1.09. The lowest BCUT2D eigenvalue weighted by Gasteiger charge is -2.53. The van der Waals surface area contributed by atoms with E-state index in [9.17, 15) is 0 Å². The summed E-state index contributed by atoms with van der Waals surface area (Å²) >= 11 is 0. The molecule has 2 heteroatoms. The predicted molar refractivity (Wildman–Crippen MR) is 51.0 cm³/mol. The Morgan fingerprint density at radius 2 is 1.92 bits per heavy atom. The lowest BCUT2D eigenvalue weighted by Crippen LogP contribution is -2.60. The van der Waals surface area contributed by atoms with Crippen LogP contribution in [0, 0.1) is 0 Å². The lowest BCUT2D eigenvalue weighted by molar-refractivity contribution is -0.0120. The molecule has 0 spiro atoms. The van der Waals surface area contributed by atoms with Gasteiger partial charge in [-0.3, -0.25) is 4.90 Å². The molecule has 0 aliphatic carbocycles. The number of nitrogens with zero attached hydrogens (tertiary/aromatic N) is 1. The van der Waals surface area contributed by atoms with Crippen LogP contribution in [0.25, 0.3) is 0 Å². The van der Waals surface area contributed by atoms with Crippen molar-refractivity contribution in [3.63, 3.8) is 0 Å². The smallest absolute Gasteiger partial charge is 0.0331 e. The molecule has 0 aromatic rings. The Bertz CT molecular complexity index is 157. The summed E-state index contributed by atoms with van der Waals surface area (Å²) in [5, 5.41) is 0. The maximum absolute atomic E-state index is 5.89. The number of hydrogen-bond donors (Lipinski definition) is 1. The SMILES string of the molecule is CN1C2CCCC1(CN)CCC2. The zero-order valence-corrected chi connectivity index (χ0v) is 8.05. The lowest BCUT2D eigenvalue weighted by atomic mass is 9.75. The second kappa shape index (κ2) is 3.00. The van der Waals surface area contributed by atoms with Crippen LogP contribution in [0.2, 0.25) is 0 Å². The summed E-state index contributed by atoms with van der Waals surface area (Å²) in [5.74, 6) is 0. The highest BCUT2D eigenvalue weighted by Gasteiger charge is 2.42. The van der Waals surface area contributed by atoms with Gasteiger partial charge in [0, 0.05) is 18.1 Å². The van der Waals surface area contributed by atoms with Crippen molar-refractivity contribution in [2.75, 3.05) is 13.6 Å². The molecule has 2 rings (SSSR count). The minimum Gasteiger partial charge on any atom is -0.329 e. The van der Waals surface area contributed by atoms with E-state index in [-0.39, 0.29) is 0 Å². The van der Waals surface area contributed by atoms with Gasteiger partial charge in [0.1, 0.15) is 0 Å². The van der Waals surface area contributed by atoms with Crippen molar-refractivity contribution in [3.05, 3.63) is 0 Å². The highest BCUT2D eigenvalue weighted by atomic mass is 15.2. The van der Waals surface area contributed by atoms with Crippen LogP contribution in [-0.2, 0) is 0 Å². The molecule has 2 heterocycles. The van der Waals surface area contributed by atoms with Crippen molar-refractivity contribution >= 4 is 0 Å². The van der Waals surface area contributed by atoms with Gasteiger partial charge >= 0.3 is 0 Å². The number of nitrogens with two attached hydrogens (primary N) is 1. The first-order valence-corrected chi connectivity index (χ1v) is 5.21. The van der Waals surface area contributed by atoms with Gasteiger partial charge in [-0.1, -0.05) is 12.8 Å². The normalized spacial score (nSPS) is 43.0. The molecular formula is C10H20N2. The van der Waals surface area contributed by atoms with Crippen LogP contribution < -0.4 is 5.73 Å². The molecule has 2 aliphatic rings. The predicted octanol–water partition coefficient (Wildman–Crippen LogP) is 1.35. The average Bonchev–Trinajstić information content (AvgIpc) is 2.05. The highest BCUT2D eigenvalue weighted by molar-refractivity contribution is 5.00. The standard InChI is InChI=1S/C10H20N2/c1-12-9-4-2-6-10(12,8-11)7-3-5-9/h9H,2-8,11H2,1H3. The van der Waals surface area contributed by atoms with E-state index in [1.807, 2.05) is 0 Å². The molecule has 0 radical (unpaired) electrons. The van der Waals surface area contributed by atoms with Crippen LogP contribution in [-0.4, -0.2) is 30.1 Å². The van der Waals surface area contributed by atoms with Crippen molar-refractivity contribution in [3.8, 4) is 0 Å². The zero-order chi connectivity index (χ0) is 8.60. The van der Waals surface area contributed by atoms with Crippen LogP contribution in [0.15, 0.2) is 0 Å². The quantitative estimate of drug-likeness (QED) is 0.640. The molecule has 0 unspecified atom stereocenters. The number of fused-ring (bicyclic) bond motifs is 2. The van der Waals surface area contributed by atoms with E-state index in [4.69, 9.17) is 5.73 Å². The second-order valence-corrected chi connectivity index (χ2v) is 4.48. The summed E-state index contributed by atoms with van der Waals surface area (Å²) in [6.07, 6.45) is 8.25. The van der Waals surface area contributed by atoms with Crippen LogP contribution >= 0.6 is 0 Å². The fourth-order valence-electron chi connectivity index (χ4n) is 3.08. The molecule has 0 amide bonds. The van der Waals surface area contributed by atoms with Gasteiger partial charge in [0.15, 0.2) is 0 Å². The topological polar surface area (TPSA) is 29.3 Å². The van der Waals surface area contributed by atoms with Crippen molar-refractivity contribution in [1.29, 1.82) is 0 Å². The Balaban J connectivity index is 2.18. The molecular weight excluding hydrogens is 148 g/mol. The van der Waals surface area contributed by atoms with Crippen LogP contribution in [0.5, 0.6) is 0 Å². The zero-order valence-electron chi connectivity index (χ0n) is 8.05. The van der Waals surface area contributed by atoms with Crippen molar-refractivity contribution in [2.45, 2.75) is 50.1 Å². The Morgan fingerprint density at radius 3 is 2.33 bits per heavy atom.